The molecule has 2 rings (SSSR count). The molecule has 1 atom stereocenters. The Hall–Kier alpha value is -0.620. The monoisotopic (exact) mass is 286 g/mol. The second kappa shape index (κ2) is 4.94. The molecule has 3 nitrogen and oxygen atoms in total. The summed E-state index contributed by atoms with van der Waals surface area (Å²) in [5.41, 5.74) is 3.86. The molecule has 2 aromatic rings. The molecule has 0 amide bonds. The molecule has 0 radical (unpaired) electrons. The van der Waals surface area contributed by atoms with Gasteiger partial charge in [-0.1, -0.05) is 0 Å². The smallest absolute Gasteiger partial charge is 0.0951 e. The Bertz CT molecular complexity index is 413. The summed E-state index contributed by atoms with van der Waals surface area (Å²) in [7, 11) is 0. The van der Waals surface area contributed by atoms with Crippen molar-refractivity contribution in [3.8, 4) is 0 Å². The second-order valence-electron chi connectivity index (χ2n) is 3.17. The van der Waals surface area contributed by atoms with Crippen molar-refractivity contribution >= 4 is 27.3 Å². The van der Waals surface area contributed by atoms with E-state index in [1.54, 1.807) is 23.9 Å². The molecule has 0 aliphatic rings. The van der Waals surface area contributed by atoms with E-state index in [1.165, 1.54) is 4.88 Å². The Labute approximate surface area is 100 Å². The predicted octanol–water partition coefficient (Wildman–Crippen LogP) is 2.85. The standard InChI is InChI=1S/C10H11BrN2OS/c11-8-2-4-15-10(8)5-9(13-12)7-1-3-14-6-7/h1-4,6,9,13H,5,12H2. The largest absolute Gasteiger partial charge is 0.472 e. The molecule has 1 unspecified atom stereocenters. The number of rotatable bonds is 4. The van der Waals surface area contributed by atoms with Gasteiger partial charge in [-0.15, -0.1) is 11.3 Å². The van der Waals surface area contributed by atoms with Crippen molar-refractivity contribution in [2.45, 2.75) is 12.5 Å². The summed E-state index contributed by atoms with van der Waals surface area (Å²) in [4.78, 5) is 1.28. The van der Waals surface area contributed by atoms with Crippen LogP contribution in [0.3, 0.4) is 0 Å². The van der Waals surface area contributed by atoms with Crippen molar-refractivity contribution < 1.29 is 4.42 Å². The maximum atomic E-state index is 5.53. The first kappa shape index (κ1) is 10.9. The molecule has 0 bridgehead atoms. The van der Waals surface area contributed by atoms with Crippen LogP contribution in [0.4, 0.5) is 0 Å². The lowest BCUT2D eigenvalue weighted by atomic mass is 10.1. The van der Waals surface area contributed by atoms with Crippen molar-refractivity contribution in [2.24, 2.45) is 5.84 Å². The van der Waals surface area contributed by atoms with Gasteiger partial charge >= 0.3 is 0 Å². The van der Waals surface area contributed by atoms with Crippen molar-refractivity contribution in [1.29, 1.82) is 0 Å². The highest BCUT2D eigenvalue weighted by molar-refractivity contribution is 9.10. The Balaban J connectivity index is 2.13. The van der Waals surface area contributed by atoms with Gasteiger partial charge in [0.05, 0.1) is 18.6 Å². The molecular weight excluding hydrogens is 276 g/mol. The summed E-state index contributed by atoms with van der Waals surface area (Å²) >= 11 is 5.22. The lowest BCUT2D eigenvalue weighted by Crippen LogP contribution is -2.29. The van der Waals surface area contributed by atoms with E-state index in [4.69, 9.17) is 10.3 Å². The van der Waals surface area contributed by atoms with E-state index in [0.717, 1.165) is 16.5 Å². The number of halogens is 1. The highest BCUT2D eigenvalue weighted by atomic mass is 79.9. The Morgan fingerprint density at radius 1 is 1.53 bits per heavy atom. The van der Waals surface area contributed by atoms with Gasteiger partial charge in [0.25, 0.3) is 0 Å². The van der Waals surface area contributed by atoms with Crippen molar-refractivity contribution in [3.05, 3.63) is 45.0 Å². The SMILES string of the molecule is NNC(Cc1sccc1Br)c1ccoc1. The van der Waals surface area contributed by atoms with Gasteiger partial charge in [-0.3, -0.25) is 11.3 Å². The maximum Gasteiger partial charge on any atom is 0.0951 e. The second-order valence-corrected chi connectivity index (χ2v) is 5.03. The van der Waals surface area contributed by atoms with Gasteiger partial charge in [0.15, 0.2) is 0 Å². The summed E-state index contributed by atoms with van der Waals surface area (Å²) in [6.07, 6.45) is 4.23. The summed E-state index contributed by atoms with van der Waals surface area (Å²) < 4.78 is 6.18. The summed E-state index contributed by atoms with van der Waals surface area (Å²) in [6, 6.07) is 4.06. The molecule has 0 aromatic carbocycles. The average Bonchev–Trinajstić information content (AvgIpc) is 2.86. The van der Waals surface area contributed by atoms with E-state index in [1.807, 2.05) is 12.1 Å². The van der Waals surface area contributed by atoms with E-state index < -0.39 is 0 Å². The zero-order valence-corrected chi connectivity index (χ0v) is 10.3. The molecule has 3 N–H and O–H groups in total. The minimum Gasteiger partial charge on any atom is -0.472 e. The molecule has 0 saturated carbocycles. The summed E-state index contributed by atoms with van der Waals surface area (Å²) in [5.74, 6) is 5.53. The Morgan fingerprint density at radius 3 is 2.93 bits per heavy atom. The van der Waals surface area contributed by atoms with E-state index in [0.29, 0.717) is 0 Å². The quantitative estimate of drug-likeness (QED) is 0.671. The van der Waals surface area contributed by atoms with E-state index >= 15 is 0 Å². The van der Waals surface area contributed by atoms with Gasteiger partial charge in [-0.05, 0) is 33.4 Å². The van der Waals surface area contributed by atoms with Crippen LogP contribution in [0.1, 0.15) is 16.5 Å². The van der Waals surface area contributed by atoms with Crippen LogP contribution in [-0.4, -0.2) is 0 Å². The third kappa shape index (κ3) is 2.49. The third-order valence-electron chi connectivity index (χ3n) is 2.23. The predicted molar refractivity (Wildman–Crippen MR) is 64.5 cm³/mol. The highest BCUT2D eigenvalue weighted by Gasteiger charge is 2.14. The van der Waals surface area contributed by atoms with Gasteiger partial charge in [0, 0.05) is 21.3 Å². The number of thiophene rings is 1. The number of nitrogens with two attached hydrogens (primary N) is 1. The maximum absolute atomic E-state index is 5.53. The molecule has 80 valence electrons. The van der Waals surface area contributed by atoms with E-state index in [2.05, 4.69) is 26.7 Å². The van der Waals surface area contributed by atoms with Gasteiger partial charge < -0.3 is 4.42 Å². The van der Waals surface area contributed by atoms with E-state index in [-0.39, 0.29) is 6.04 Å². The first-order valence-electron chi connectivity index (χ1n) is 4.51. The third-order valence-corrected chi connectivity index (χ3v) is 4.18. The highest BCUT2D eigenvalue weighted by Crippen LogP contribution is 2.27. The molecule has 0 aliphatic heterocycles. The van der Waals surface area contributed by atoms with Crippen molar-refractivity contribution in [3.63, 3.8) is 0 Å². The van der Waals surface area contributed by atoms with Gasteiger partial charge in [0.1, 0.15) is 0 Å². The van der Waals surface area contributed by atoms with Crippen LogP contribution in [0, 0.1) is 0 Å². The number of furan rings is 1. The first-order chi connectivity index (χ1) is 7.31. The Kier molecular flexibility index (Phi) is 3.58. The molecule has 0 aliphatic carbocycles. The van der Waals surface area contributed by atoms with Crippen LogP contribution in [-0.2, 0) is 6.42 Å². The van der Waals surface area contributed by atoms with Crippen LogP contribution >= 0.6 is 27.3 Å². The zero-order chi connectivity index (χ0) is 10.7. The lowest BCUT2D eigenvalue weighted by Gasteiger charge is -2.12. The number of hydrazine groups is 1. The van der Waals surface area contributed by atoms with Crippen LogP contribution in [0.2, 0.25) is 0 Å². The van der Waals surface area contributed by atoms with Crippen molar-refractivity contribution in [2.75, 3.05) is 0 Å². The fraction of sp³-hybridized carbons (Fsp3) is 0.200. The van der Waals surface area contributed by atoms with Gasteiger partial charge in [-0.25, -0.2) is 0 Å². The Morgan fingerprint density at radius 2 is 2.40 bits per heavy atom. The summed E-state index contributed by atoms with van der Waals surface area (Å²) in [6.45, 7) is 0. The molecule has 5 heteroatoms. The lowest BCUT2D eigenvalue weighted by molar-refractivity contribution is 0.527. The van der Waals surface area contributed by atoms with E-state index in [9.17, 15) is 0 Å². The van der Waals surface area contributed by atoms with Gasteiger partial charge in [0.2, 0.25) is 0 Å². The normalized spacial score (nSPS) is 12.9. The van der Waals surface area contributed by atoms with Crippen molar-refractivity contribution in [1.82, 2.24) is 5.43 Å². The van der Waals surface area contributed by atoms with Crippen LogP contribution in [0.25, 0.3) is 0 Å². The molecule has 0 spiro atoms. The fourth-order valence-electron chi connectivity index (χ4n) is 1.40. The average molecular weight is 287 g/mol. The minimum absolute atomic E-state index is 0.0960. The van der Waals surface area contributed by atoms with Crippen LogP contribution < -0.4 is 11.3 Å². The number of nitrogens with one attached hydrogen (secondary N) is 1. The molecular formula is C10H11BrN2OS. The molecule has 2 heterocycles. The molecule has 15 heavy (non-hydrogen) atoms. The van der Waals surface area contributed by atoms with Crippen LogP contribution in [0.15, 0.2) is 38.9 Å². The molecule has 2 aromatic heterocycles. The summed E-state index contributed by atoms with van der Waals surface area (Å²) in [5, 5.41) is 2.06. The minimum atomic E-state index is 0.0960. The van der Waals surface area contributed by atoms with Gasteiger partial charge in [-0.2, -0.15) is 0 Å². The zero-order valence-electron chi connectivity index (χ0n) is 7.94. The van der Waals surface area contributed by atoms with Crippen LogP contribution in [0.5, 0.6) is 0 Å². The molecule has 0 saturated heterocycles. The topological polar surface area (TPSA) is 51.2 Å². The number of hydrogen-bond acceptors (Lipinski definition) is 4. The number of hydrogen-bond donors (Lipinski definition) is 2. The fourth-order valence-corrected chi connectivity index (χ4v) is 2.96. The first-order valence-corrected chi connectivity index (χ1v) is 6.18. The molecule has 0 fully saturated rings.